The smallest absolute Gasteiger partial charge is 0.256 e. The summed E-state index contributed by atoms with van der Waals surface area (Å²) in [5.41, 5.74) is 3.16. The Bertz CT molecular complexity index is 674. The molecule has 1 saturated heterocycles. The number of rotatable bonds is 2. The van der Waals surface area contributed by atoms with Gasteiger partial charge in [0, 0.05) is 24.7 Å². The van der Waals surface area contributed by atoms with Crippen LogP contribution in [0.1, 0.15) is 17.3 Å². The van der Waals surface area contributed by atoms with Gasteiger partial charge in [-0.05, 0) is 12.3 Å². The van der Waals surface area contributed by atoms with Gasteiger partial charge in [0.15, 0.2) is 0 Å². The van der Waals surface area contributed by atoms with Crippen LogP contribution in [-0.4, -0.2) is 41.6 Å². The molecule has 110 valence electrons. The molecule has 1 unspecified atom stereocenters. The number of hydrogen-bond donors (Lipinski definition) is 2. The van der Waals surface area contributed by atoms with E-state index in [2.05, 4.69) is 10.4 Å². The monoisotopic (exact) mass is 286 g/mol. The van der Waals surface area contributed by atoms with E-state index in [0.717, 1.165) is 10.8 Å². The Morgan fingerprint density at radius 3 is 2.90 bits per heavy atom. The number of ether oxygens (including phenoxy) is 1. The van der Waals surface area contributed by atoms with Gasteiger partial charge < -0.3 is 15.1 Å². The lowest BCUT2D eigenvalue weighted by Crippen LogP contribution is -2.44. The van der Waals surface area contributed by atoms with Crippen LogP contribution in [0.15, 0.2) is 30.5 Å². The minimum Gasteiger partial charge on any atom is -0.375 e. The van der Waals surface area contributed by atoms with E-state index in [1.54, 1.807) is 6.20 Å². The Hall–Kier alpha value is -2.18. The molecule has 6 nitrogen and oxygen atoms in total. The first-order valence-corrected chi connectivity index (χ1v) is 6.96. The molecule has 1 aliphatic heterocycles. The highest BCUT2D eigenvalue weighted by atomic mass is 16.5. The van der Waals surface area contributed by atoms with Crippen LogP contribution < -0.4 is 11.3 Å². The zero-order valence-corrected chi connectivity index (χ0v) is 11.9. The highest BCUT2D eigenvalue weighted by molar-refractivity contribution is 6.09. The van der Waals surface area contributed by atoms with Gasteiger partial charge in [-0.2, -0.15) is 0 Å². The van der Waals surface area contributed by atoms with Crippen molar-refractivity contribution in [2.24, 2.45) is 5.84 Å². The molecule has 0 aliphatic carbocycles. The Morgan fingerprint density at radius 1 is 1.43 bits per heavy atom. The number of anilines is 1. The van der Waals surface area contributed by atoms with E-state index in [1.165, 1.54) is 0 Å². The molecule has 1 aliphatic rings. The average Bonchev–Trinajstić information content (AvgIpc) is 2.53. The van der Waals surface area contributed by atoms with Crippen molar-refractivity contribution in [1.29, 1.82) is 0 Å². The van der Waals surface area contributed by atoms with Crippen molar-refractivity contribution >= 4 is 22.5 Å². The first-order valence-electron chi connectivity index (χ1n) is 6.96. The molecule has 3 rings (SSSR count). The molecule has 3 N–H and O–H groups in total. The van der Waals surface area contributed by atoms with Crippen LogP contribution >= 0.6 is 0 Å². The number of aromatic nitrogens is 1. The van der Waals surface area contributed by atoms with E-state index in [-0.39, 0.29) is 12.0 Å². The molecule has 21 heavy (non-hydrogen) atoms. The second-order valence-electron chi connectivity index (χ2n) is 5.14. The first kappa shape index (κ1) is 13.8. The third-order valence-corrected chi connectivity index (χ3v) is 3.69. The second-order valence-corrected chi connectivity index (χ2v) is 5.14. The van der Waals surface area contributed by atoms with E-state index >= 15 is 0 Å². The number of fused-ring (bicyclic) bond motifs is 1. The Kier molecular flexibility index (Phi) is 3.72. The van der Waals surface area contributed by atoms with E-state index in [1.807, 2.05) is 36.1 Å². The highest BCUT2D eigenvalue weighted by Crippen LogP contribution is 2.25. The van der Waals surface area contributed by atoms with Gasteiger partial charge >= 0.3 is 0 Å². The van der Waals surface area contributed by atoms with Crippen LogP contribution in [0.5, 0.6) is 0 Å². The SMILES string of the molecule is CC1CN(C(=O)c2cnc(NN)c3ccccc23)CCO1. The third-order valence-electron chi connectivity index (χ3n) is 3.69. The molecular weight excluding hydrogens is 268 g/mol. The molecular formula is C15H18N4O2. The van der Waals surface area contributed by atoms with Gasteiger partial charge in [0.2, 0.25) is 0 Å². The van der Waals surface area contributed by atoms with Crippen LogP contribution in [0.25, 0.3) is 10.8 Å². The van der Waals surface area contributed by atoms with Crippen LogP contribution in [0.3, 0.4) is 0 Å². The molecule has 0 spiro atoms. The summed E-state index contributed by atoms with van der Waals surface area (Å²) < 4.78 is 5.48. The van der Waals surface area contributed by atoms with Crippen LogP contribution in [0.4, 0.5) is 5.82 Å². The van der Waals surface area contributed by atoms with Gasteiger partial charge in [-0.25, -0.2) is 10.8 Å². The zero-order valence-electron chi connectivity index (χ0n) is 11.9. The van der Waals surface area contributed by atoms with E-state index in [4.69, 9.17) is 10.6 Å². The number of carbonyl (C=O) groups is 1. The number of benzene rings is 1. The first-order chi connectivity index (χ1) is 10.2. The summed E-state index contributed by atoms with van der Waals surface area (Å²) in [6.45, 7) is 3.75. The molecule has 6 heteroatoms. The minimum absolute atomic E-state index is 0.0163. The van der Waals surface area contributed by atoms with Crippen molar-refractivity contribution in [3.8, 4) is 0 Å². The number of nitrogens with zero attached hydrogens (tertiary/aromatic N) is 2. The number of hydrazine groups is 1. The Morgan fingerprint density at radius 2 is 2.19 bits per heavy atom. The second kappa shape index (κ2) is 5.67. The molecule has 0 saturated carbocycles. The van der Waals surface area contributed by atoms with E-state index < -0.39 is 0 Å². The normalized spacial score (nSPS) is 18.8. The Labute approximate surface area is 122 Å². The summed E-state index contributed by atoms with van der Waals surface area (Å²) in [4.78, 5) is 18.8. The quantitative estimate of drug-likeness (QED) is 0.644. The van der Waals surface area contributed by atoms with Gasteiger partial charge in [0.25, 0.3) is 5.91 Å². The predicted octanol–water partition coefficient (Wildman–Crippen LogP) is 1.38. The van der Waals surface area contributed by atoms with E-state index in [9.17, 15) is 4.79 Å². The van der Waals surface area contributed by atoms with Crippen LogP contribution in [0, 0.1) is 0 Å². The maximum absolute atomic E-state index is 12.7. The molecule has 1 aromatic heterocycles. The van der Waals surface area contributed by atoms with Gasteiger partial charge in [0.05, 0.1) is 18.3 Å². The lowest BCUT2D eigenvalue weighted by molar-refractivity contribution is -0.0123. The van der Waals surface area contributed by atoms with Crippen molar-refractivity contribution in [1.82, 2.24) is 9.88 Å². The van der Waals surface area contributed by atoms with Crippen molar-refractivity contribution < 1.29 is 9.53 Å². The molecule has 1 atom stereocenters. The third kappa shape index (κ3) is 2.55. The number of morpholine rings is 1. The molecule has 1 aromatic carbocycles. The summed E-state index contributed by atoms with van der Waals surface area (Å²) in [5, 5.41) is 1.69. The number of nitrogen functional groups attached to an aromatic ring is 1. The van der Waals surface area contributed by atoms with Crippen LogP contribution in [0.2, 0.25) is 0 Å². The summed E-state index contributed by atoms with van der Waals surface area (Å²) in [6, 6.07) is 7.61. The molecule has 0 radical (unpaired) electrons. The largest absolute Gasteiger partial charge is 0.375 e. The average molecular weight is 286 g/mol. The number of nitrogens with two attached hydrogens (primary N) is 1. The van der Waals surface area contributed by atoms with Gasteiger partial charge in [-0.1, -0.05) is 24.3 Å². The van der Waals surface area contributed by atoms with Crippen molar-refractivity contribution in [2.75, 3.05) is 25.1 Å². The van der Waals surface area contributed by atoms with Crippen molar-refractivity contribution in [2.45, 2.75) is 13.0 Å². The number of amides is 1. The summed E-state index contributed by atoms with van der Waals surface area (Å²) in [7, 11) is 0. The molecule has 2 heterocycles. The fourth-order valence-corrected chi connectivity index (χ4v) is 2.65. The van der Waals surface area contributed by atoms with Crippen molar-refractivity contribution in [3.05, 3.63) is 36.0 Å². The molecule has 0 bridgehead atoms. The number of hydrogen-bond acceptors (Lipinski definition) is 5. The Balaban J connectivity index is 2.02. The molecule has 1 fully saturated rings. The topological polar surface area (TPSA) is 80.5 Å². The lowest BCUT2D eigenvalue weighted by Gasteiger charge is -2.31. The lowest BCUT2D eigenvalue weighted by atomic mass is 10.1. The fraction of sp³-hybridized carbons (Fsp3) is 0.333. The number of carbonyl (C=O) groups excluding carboxylic acids is 1. The van der Waals surface area contributed by atoms with E-state index in [0.29, 0.717) is 31.1 Å². The maximum atomic E-state index is 12.7. The fourth-order valence-electron chi connectivity index (χ4n) is 2.65. The van der Waals surface area contributed by atoms with Crippen molar-refractivity contribution in [3.63, 3.8) is 0 Å². The number of nitrogens with one attached hydrogen (secondary N) is 1. The summed E-state index contributed by atoms with van der Waals surface area (Å²) in [5.74, 6) is 6.03. The molecule has 1 amide bonds. The predicted molar refractivity (Wildman–Crippen MR) is 80.9 cm³/mol. The summed E-state index contributed by atoms with van der Waals surface area (Å²) >= 11 is 0. The van der Waals surface area contributed by atoms with Gasteiger partial charge in [-0.3, -0.25) is 4.79 Å². The maximum Gasteiger partial charge on any atom is 0.256 e. The standard InChI is InChI=1S/C15H18N4O2/c1-10-9-19(6-7-21-10)15(20)13-8-17-14(18-16)12-5-3-2-4-11(12)13/h2-5,8,10H,6-7,9,16H2,1H3,(H,17,18). The minimum atomic E-state index is -0.0163. The van der Waals surface area contributed by atoms with Gasteiger partial charge in [-0.15, -0.1) is 0 Å². The van der Waals surface area contributed by atoms with Gasteiger partial charge in [0.1, 0.15) is 5.82 Å². The van der Waals surface area contributed by atoms with Crippen LogP contribution in [-0.2, 0) is 4.74 Å². The highest BCUT2D eigenvalue weighted by Gasteiger charge is 2.24. The summed E-state index contributed by atoms with van der Waals surface area (Å²) in [6.07, 6.45) is 1.65. The molecule has 2 aromatic rings. The number of pyridine rings is 1. The zero-order chi connectivity index (χ0) is 14.8.